The molecule has 3 aliphatic rings. The van der Waals surface area contributed by atoms with Gasteiger partial charge in [0, 0.05) is 18.8 Å². The number of allylic oxidation sites excluding steroid dienone is 2. The van der Waals surface area contributed by atoms with Crippen molar-refractivity contribution in [1.82, 2.24) is 0 Å². The molecule has 1 aliphatic heterocycles. The molecule has 0 radical (unpaired) electrons. The van der Waals surface area contributed by atoms with Gasteiger partial charge < -0.3 is 23.1 Å². The molecular formula is C41H63F3O7Si2. The smallest absolute Gasteiger partial charge is 0.416 e. The summed E-state index contributed by atoms with van der Waals surface area (Å²) >= 11 is 0. The molecule has 0 bridgehead atoms. The molecule has 1 aromatic carbocycles. The second kappa shape index (κ2) is 16.4. The number of hydrogen-bond acceptors (Lipinski definition) is 7. The molecule has 0 amide bonds. The monoisotopic (exact) mass is 780 g/mol. The molecule has 12 heteroatoms. The van der Waals surface area contributed by atoms with Crippen molar-refractivity contribution in [1.29, 1.82) is 0 Å². The number of benzene rings is 1. The highest BCUT2D eigenvalue weighted by molar-refractivity contribution is 6.74. The minimum atomic E-state index is -4.54. The van der Waals surface area contributed by atoms with Gasteiger partial charge in [-0.2, -0.15) is 13.2 Å². The fourth-order valence-electron chi connectivity index (χ4n) is 7.15. The van der Waals surface area contributed by atoms with E-state index in [0.29, 0.717) is 32.3 Å². The Labute approximate surface area is 317 Å². The largest absolute Gasteiger partial charge is 0.479 e. The summed E-state index contributed by atoms with van der Waals surface area (Å²) in [6, 6.07) is 4.55. The first-order chi connectivity index (χ1) is 24.3. The number of carbonyl (C=O) groups excluding carboxylic acids is 2. The van der Waals surface area contributed by atoms with E-state index >= 15 is 0 Å². The van der Waals surface area contributed by atoms with E-state index in [1.807, 2.05) is 0 Å². The Bertz CT molecular complexity index is 1510. The second-order valence-electron chi connectivity index (χ2n) is 18.3. The Kier molecular flexibility index (Phi) is 13.4. The van der Waals surface area contributed by atoms with Gasteiger partial charge >= 0.3 is 18.1 Å². The second-order valence-corrected chi connectivity index (χ2v) is 27.8. The van der Waals surface area contributed by atoms with Gasteiger partial charge in [-0.05, 0) is 91.1 Å². The van der Waals surface area contributed by atoms with Crippen LogP contribution in [0, 0.1) is 23.7 Å². The van der Waals surface area contributed by atoms with Crippen LogP contribution in [-0.4, -0.2) is 59.6 Å². The Hall–Kier alpha value is -2.42. The average Bonchev–Trinajstić information content (AvgIpc) is 3.02. The van der Waals surface area contributed by atoms with E-state index in [4.69, 9.17) is 23.1 Å². The number of fused-ring (bicyclic) bond motifs is 1. The van der Waals surface area contributed by atoms with Gasteiger partial charge in [-0.1, -0.05) is 79.7 Å². The maximum atomic E-state index is 13.9. The van der Waals surface area contributed by atoms with Crippen molar-refractivity contribution < 1.29 is 45.8 Å². The molecular weight excluding hydrogens is 718 g/mol. The van der Waals surface area contributed by atoms with Crippen LogP contribution in [0.25, 0.3) is 0 Å². The molecule has 0 N–H and O–H groups in total. The fourth-order valence-corrected chi connectivity index (χ4v) is 9.82. The molecule has 3 unspecified atom stereocenters. The third-order valence-electron chi connectivity index (χ3n) is 12.4. The molecule has 4 rings (SSSR count). The van der Waals surface area contributed by atoms with Crippen LogP contribution in [0.5, 0.6) is 5.75 Å². The molecule has 298 valence electrons. The molecule has 8 atom stereocenters. The number of hydrogen-bond donors (Lipinski definition) is 0. The minimum Gasteiger partial charge on any atom is -0.479 e. The number of ether oxygens (including phenoxy) is 3. The summed E-state index contributed by atoms with van der Waals surface area (Å²) in [6.45, 7) is 26.2. The standard InChI is InChI=1S/C41H63F3O7Si2/c1-13-33(48-29-16-14-15-28(24-29)41(42,43)44)38(46)49-35-25-30(50-52(9,10)39(3,4)5)23-27-18-17-26(2)31(36(27)35)19-20-32-34(21-22-47-37(32)45)51-53(11,12)40(6,7)8/h14-18,23-24,26,30-36H,13,19-22,25H2,1-12H3/t26-,30+,31-,32?,33?,34?,35-,36-/m0/s1. The van der Waals surface area contributed by atoms with Gasteiger partial charge in [0.05, 0.1) is 30.3 Å². The zero-order chi connectivity index (χ0) is 39.7. The summed E-state index contributed by atoms with van der Waals surface area (Å²) in [5.74, 6) is -1.31. The average molecular weight is 781 g/mol. The van der Waals surface area contributed by atoms with Crippen molar-refractivity contribution in [3.8, 4) is 5.75 Å². The van der Waals surface area contributed by atoms with Gasteiger partial charge in [-0.3, -0.25) is 4.79 Å². The van der Waals surface area contributed by atoms with E-state index in [9.17, 15) is 22.8 Å². The van der Waals surface area contributed by atoms with Crippen LogP contribution in [0.4, 0.5) is 13.2 Å². The topological polar surface area (TPSA) is 80.3 Å². The first kappa shape index (κ1) is 43.3. The van der Waals surface area contributed by atoms with Crippen molar-refractivity contribution in [2.24, 2.45) is 23.7 Å². The molecule has 0 aromatic heterocycles. The third kappa shape index (κ3) is 10.5. The SMILES string of the molecule is CCC(Oc1cccc(C(F)(F)F)c1)C(=O)O[C@H]1C[C@H](O[Si](C)(C)C(C)(C)C)C=C2C=C[C@H](C)[C@H](CCC3C(=O)OCCC3O[Si](C)(C)C(C)(C)C)[C@H]21. The lowest BCUT2D eigenvalue weighted by molar-refractivity contribution is -0.163. The minimum absolute atomic E-state index is 0.00924. The van der Waals surface area contributed by atoms with Crippen molar-refractivity contribution in [2.75, 3.05) is 6.61 Å². The normalized spacial score (nSPS) is 27.7. The number of cyclic esters (lactones) is 1. The highest BCUT2D eigenvalue weighted by atomic mass is 28.4. The van der Waals surface area contributed by atoms with Crippen LogP contribution in [0.15, 0.2) is 48.1 Å². The highest BCUT2D eigenvalue weighted by Crippen LogP contribution is 2.47. The molecule has 1 fully saturated rings. The van der Waals surface area contributed by atoms with E-state index in [0.717, 1.165) is 17.7 Å². The summed E-state index contributed by atoms with van der Waals surface area (Å²) in [6.07, 6.45) is 2.31. The third-order valence-corrected chi connectivity index (χ3v) is 21.4. The van der Waals surface area contributed by atoms with Gasteiger partial charge in [-0.15, -0.1) is 0 Å². The Morgan fingerprint density at radius 2 is 1.60 bits per heavy atom. The van der Waals surface area contributed by atoms with Crippen LogP contribution in [0.2, 0.25) is 36.3 Å². The van der Waals surface area contributed by atoms with E-state index < -0.39 is 52.5 Å². The van der Waals surface area contributed by atoms with Crippen LogP contribution < -0.4 is 4.74 Å². The highest BCUT2D eigenvalue weighted by Gasteiger charge is 2.48. The zero-order valence-electron chi connectivity index (χ0n) is 33.9. The molecule has 1 heterocycles. The lowest BCUT2D eigenvalue weighted by Gasteiger charge is -2.46. The number of halogens is 3. The molecule has 53 heavy (non-hydrogen) atoms. The summed E-state index contributed by atoms with van der Waals surface area (Å²) in [5.41, 5.74) is 0.184. The maximum absolute atomic E-state index is 13.9. The Balaban J connectivity index is 1.63. The lowest BCUT2D eigenvalue weighted by Crippen LogP contribution is -2.50. The summed E-state index contributed by atoms with van der Waals surface area (Å²) in [5, 5.41) is -0.0532. The van der Waals surface area contributed by atoms with Crippen LogP contribution >= 0.6 is 0 Å². The molecule has 7 nitrogen and oxygen atoms in total. The van der Waals surface area contributed by atoms with Crippen molar-refractivity contribution in [3.05, 3.63) is 53.6 Å². The zero-order valence-corrected chi connectivity index (χ0v) is 35.9. The number of esters is 2. The van der Waals surface area contributed by atoms with Gasteiger partial charge in [0.25, 0.3) is 0 Å². The van der Waals surface area contributed by atoms with E-state index in [1.165, 1.54) is 12.1 Å². The maximum Gasteiger partial charge on any atom is 0.416 e. The van der Waals surface area contributed by atoms with Crippen molar-refractivity contribution in [2.45, 2.75) is 154 Å². The fraction of sp³-hybridized carbons (Fsp3) is 0.707. The van der Waals surface area contributed by atoms with E-state index in [1.54, 1.807) is 6.92 Å². The number of rotatable bonds is 12. The van der Waals surface area contributed by atoms with Crippen LogP contribution in [0.1, 0.15) is 93.1 Å². The molecule has 1 saturated heterocycles. The Morgan fingerprint density at radius 3 is 2.21 bits per heavy atom. The predicted molar refractivity (Wildman–Crippen MR) is 206 cm³/mol. The lowest BCUT2D eigenvalue weighted by atomic mass is 9.66. The van der Waals surface area contributed by atoms with Gasteiger partial charge in [0.15, 0.2) is 22.7 Å². The van der Waals surface area contributed by atoms with E-state index in [-0.39, 0.29) is 58.2 Å². The molecule has 2 aliphatic carbocycles. The van der Waals surface area contributed by atoms with Gasteiger partial charge in [-0.25, -0.2) is 4.79 Å². The van der Waals surface area contributed by atoms with Crippen LogP contribution in [0.3, 0.4) is 0 Å². The summed E-state index contributed by atoms with van der Waals surface area (Å²) in [4.78, 5) is 27.2. The first-order valence-electron chi connectivity index (χ1n) is 19.3. The first-order valence-corrected chi connectivity index (χ1v) is 25.1. The molecule has 1 aromatic rings. The quantitative estimate of drug-likeness (QED) is 0.154. The van der Waals surface area contributed by atoms with Crippen molar-refractivity contribution >= 4 is 28.6 Å². The summed E-state index contributed by atoms with van der Waals surface area (Å²) in [7, 11) is -4.39. The predicted octanol–water partition coefficient (Wildman–Crippen LogP) is 10.7. The Morgan fingerprint density at radius 1 is 0.962 bits per heavy atom. The molecule has 0 saturated carbocycles. The van der Waals surface area contributed by atoms with Gasteiger partial charge in [0.2, 0.25) is 0 Å². The van der Waals surface area contributed by atoms with Crippen LogP contribution in [-0.2, 0) is 34.1 Å². The number of alkyl halides is 3. The summed E-state index contributed by atoms with van der Waals surface area (Å²) < 4.78 is 71.9. The van der Waals surface area contributed by atoms with E-state index in [2.05, 4.69) is 92.9 Å². The molecule has 0 spiro atoms. The number of carbonyl (C=O) groups is 2. The van der Waals surface area contributed by atoms with Crippen molar-refractivity contribution in [3.63, 3.8) is 0 Å². The van der Waals surface area contributed by atoms with Gasteiger partial charge in [0.1, 0.15) is 11.9 Å².